The van der Waals surface area contributed by atoms with Gasteiger partial charge in [-0.1, -0.05) is 12.1 Å². The molecule has 0 fully saturated rings. The number of hydrogen-bond acceptors (Lipinski definition) is 6. The topological polar surface area (TPSA) is 105 Å². The zero-order chi connectivity index (χ0) is 20.7. The highest BCUT2D eigenvalue weighted by atomic mass is 16.6. The van der Waals surface area contributed by atoms with Crippen molar-refractivity contribution in [1.82, 2.24) is 10.2 Å². The van der Waals surface area contributed by atoms with E-state index in [-0.39, 0.29) is 18.4 Å². The first kappa shape index (κ1) is 21.3. The molecule has 0 spiro atoms. The van der Waals surface area contributed by atoms with Gasteiger partial charge >= 0.3 is 6.09 Å². The lowest BCUT2D eigenvalue weighted by atomic mass is 10.1. The van der Waals surface area contributed by atoms with Crippen molar-refractivity contribution < 1.29 is 23.9 Å². The van der Waals surface area contributed by atoms with Crippen LogP contribution in [0, 0.1) is 0 Å². The van der Waals surface area contributed by atoms with Crippen LogP contribution in [0.4, 0.5) is 4.79 Å². The Hall–Kier alpha value is -2.99. The van der Waals surface area contributed by atoms with Gasteiger partial charge in [0.1, 0.15) is 5.60 Å². The first-order chi connectivity index (χ1) is 13.2. The van der Waals surface area contributed by atoms with Gasteiger partial charge in [0.05, 0.1) is 23.7 Å². The van der Waals surface area contributed by atoms with E-state index in [1.165, 1.54) is 6.08 Å². The van der Waals surface area contributed by atoms with Crippen molar-refractivity contribution in [3.63, 3.8) is 0 Å². The van der Waals surface area contributed by atoms with E-state index in [0.717, 1.165) is 4.90 Å². The molecule has 1 aliphatic rings. The fourth-order valence-electron chi connectivity index (χ4n) is 2.90. The molecule has 8 heteroatoms. The first-order valence-corrected chi connectivity index (χ1v) is 9.22. The van der Waals surface area contributed by atoms with Crippen molar-refractivity contribution in [2.75, 3.05) is 13.1 Å². The number of nitrogens with zero attached hydrogens (tertiary/aromatic N) is 2. The van der Waals surface area contributed by atoms with Crippen molar-refractivity contribution in [3.05, 3.63) is 35.4 Å². The van der Waals surface area contributed by atoms with Crippen molar-refractivity contribution in [1.29, 1.82) is 0 Å². The van der Waals surface area contributed by atoms with E-state index in [2.05, 4.69) is 10.3 Å². The number of aliphatic imine (C=N–C) groups is 1. The molecule has 1 heterocycles. The molecule has 150 valence electrons. The highest BCUT2D eigenvalue weighted by Gasteiger charge is 2.36. The van der Waals surface area contributed by atoms with Crippen LogP contribution in [0.25, 0.3) is 0 Å². The van der Waals surface area contributed by atoms with Crippen molar-refractivity contribution in [3.8, 4) is 0 Å². The minimum absolute atomic E-state index is 0.0289. The summed E-state index contributed by atoms with van der Waals surface area (Å²) in [5, 5.41) is 2.66. The number of alkyl carbamates (subject to hydrolysis) is 1. The number of isocyanates is 1. The molecular weight excluding hydrogens is 362 g/mol. The molecule has 0 unspecified atom stereocenters. The molecule has 0 aliphatic carbocycles. The Bertz CT molecular complexity index is 758. The Morgan fingerprint density at radius 3 is 2.32 bits per heavy atom. The number of hydrogen-bond donors (Lipinski definition) is 1. The molecule has 3 amide bonds. The van der Waals surface area contributed by atoms with Gasteiger partial charge in [0.2, 0.25) is 6.08 Å². The maximum atomic E-state index is 12.4. The molecule has 0 radical (unpaired) electrons. The number of fused-ring (bicyclic) bond motifs is 1. The zero-order valence-electron chi connectivity index (χ0n) is 16.4. The first-order valence-electron chi connectivity index (χ1n) is 9.22. The molecule has 1 aromatic carbocycles. The van der Waals surface area contributed by atoms with Gasteiger partial charge in [-0.15, -0.1) is 0 Å². The summed E-state index contributed by atoms with van der Waals surface area (Å²) in [6.07, 6.45) is 2.81. The summed E-state index contributed by atoms with van der Waals surface area (Å²) < 4.78 is 5.15. The van der Waals surface area contributed by atoms with Crippen molar-refractivity contribution >= 4 is 24.0 Å². The summed E-state index contributed by atoms with van der Waals surface area (Å²) in [5.74, 6) is -0.753. The summed E-state index contributed by atoms with van der Waals surface area (Å²) in [4.78, 5) is 52.0. The number of rotatable bonds is 8. The third-order valence-corrected chi connectivity index (χ3v) is 4.14. The number of nitrogens with one attached hydrogen (secondary N) is 1. The molecule has 1 aliphatic heterocycles. The summed E-state index contributed by atoms with van der Waals surface area (Å²) >= 11 is 0. The van der Waals surface area contributed by atoms with Crippen molar-refractivity contribution in [2.45, 2.75) is 51.7 Å². The number of carbonyl (C=O) groups excluding carboxylic acids is 4. The third-order valence-electron chi connectivity index (χ3n) is 4.14. The Balaban J connectivity index is 1.82. The quantitative estimate of drug-likeness (QED) is 0.320. The third kappa shape index (κ3) is 5.76. The van der Waals surface area contributed by atoms with Crippen LogP contribution in [0.15, 0.2) is 29.3 Å². The number of benzene rings is 1. The summed E-state index contributed by atoms with van der Waals surface area (Å²) in [5.41, 5.74) is 0.172. The van der Waals surface area contributed by atoms with E-state index >= 15 is 0 Å². The lowest BCUT2D eigenvalue weighted by Crippen LogP contribution is -2.36. The molecule has 2 rings (SSSR count). The van der Waals surface area contributed by atoms with Crippen LogP contribution < -0.4 is 5.32 Å². The lowest BCUT2D eigenvalue weighted by molar-refractivity contribution is 0.0524. The highest BCUT2D eigenvalue weighted by Crippen LogP contribution is 2.23. The predicted octanol–water partition coefficient (Wildman–Crippen LogP) is 2.68. The van der Waals surface area contributed by atoms with Crippen LogP contribution in [-0.4, -0.2) is 53.6 Å². The second-order valence-electron chi connectivity index (χ2n) is 7.57. The minimum Gasteiger partial charge on any atom is -0.444 e. The number of imide groups is 1. The SMILES string of the molecule is CC(C)(C)OC(=O)NCCCC[C@@H](CN1C(=O)c2ccccc2C1=O)N=C=O. The van der Waals surface area contributed by atoms with E-state index in [9.17, 15) is 19.2 Å². The maximum Gasteiger partial charge on any atom is 0.407 e. The van der Waals surface area contributed by atoms with E-state index in [4.69, 9.17) is 4.74 Å². The van der Waals surface area contributed by atoms with Crippen molar-refractivity contribution in [2.24, 2.45) is 4.99 Å². The van der Waals surface area contributed by atoms with Gasteiger partial charge < -0.3 is 10.1 Å². The highest BCUT2D eigenvalue weighted by molar-refractivity contribution is 6.21. The van der Waals surface area contributed by atoms with Gasteiger partial charge in [0.15, 0.2) is 0 Å². The smallest absolute Gasteiger partial charge is 0.407 e. The molecular formula is C20H25N3O5. The van der Waals surface area contributed by atoms with Gasteiger partial charge in [-0.05, 0) is 52.2 Å². The molecule has 1 atom stereocenters. The Kier molecular flexibility index (Phi) is 7.06. The molecule has 28 heavy (non-hydrogen) atoms. The van der Waals surface area contributed by atoms with E-state index < -0.39 is 17.7 Å². The fourth-order valence-corrected chi connectivity index (χ4v) is 2.90. The molecule has 0 saturated heterocycles. The van der Waals surface area contributed by atoms with Gasteiger partial charge in [-0.25, -0.2) is 14.6 Å². The number of amides is 3. The second-order valence-corrected chi connectivity index (χ2v) is 7.57. The van der Waals surface area contributed by atoms with Crippen LogP contribution in [0.3, 0.4) is 0 Å². The summed E-state index contributed by atoms with van der Waals surface area (Å²) in [6, 6.07) is 6.09. The number of ether oxygens (including phenoxy) is 1. The largest absolute Gasteiger partial charge is 0.444 e. The number of unbranched alkanes of at least 4 members (excludes halogenated alkanes) is 1. The average molecular weight is 387 g/mol. The molecule has 0 saturated carbocycles. The predicted molar refractivity (Wildman–Crippen MR) is 102 cm³/mol. The monoisotopic (exact) mass is 387 g/mol. The normalized spacial score (nSPS) is 14.3. The molecule has 1 N–H and O–H groups in total. The maximum absolute atomic E-state index is 12.4. The molecule has 1 aromatic rings. The van der Waals surface area contributed by atoms with E-state index in [0.29, 0.717) is 36.9 Å². The van der Waals surface area contributed by atoms with E-state index in [1.54, 1.807) is 45.0 Å². The van der Waals surface area contributed by atoms with Crippen LogP contribution in [0.5, 0.6) is 0 Å². The standard InChI is InChI=1S/C20H25N3O5/c1-20(2,3)28-19(27)21-11-7-6-8-14(22-13-24)12-23-17(25)15-9-4-5-10-16(15)18(23)26/h4-5,9-10,14H,6-8,11-12H2,1-3H3,(H,21,27)/t14-/m0/s1. The average Bonchev–Trinajstić information content (AvgIpc) is 2.85. The molecule has 0 bridgehead atoms. The Labute approximate surface area is 163 Å². The Morgan fingerprint density at radius 1 is 1.18 bits per heavy atom. The van der Waals surface area contributed by atoms with Gasteiger partial charge in [-0.2, -0.15) is 0 Å². The van der Waals surface area contributed by atoms with Gasteiger partial charge in [0, 0.05) is 6.54 Å². The van der Waals surface area contributed by atoms with Crippen LogP contribution in [-0.2, 0) is 9.53 Å². The van der Waals surface area contributed by atoms with Crippen LogP contribution in [0.2, 0.25) is 0 Å². The Morgan fingerprint density at radius 2 is 1.79 bits per heavy atom. The zero-order valence-corrected chi connectivity index (χ0v) is 16.4. The van der Waals surface area contributed by atoms with Gasteiger partial charge in [-0.3, -0.25) is 14.5 Å². The van der Waals surface area contributed by atoms with Crippen LogP contribution >= 0.6 is 0 Å². The summed E-state index contributed by atoms with van der Waals surface area (Å²) in [6.45, 7) is 5.80. The fraction of sp³-hybridized carbons (Fsp3) is 0.500. The van der Waals surface area contributed by atoms with Crippen LogP contribution in [0.1, 0.15) is 60.7 Å². The molecule has 8 nitrogen and oxygen atoms in total. The number of carbonyl (C=O) groups is 3. The van der Waals surface area contributed by atoms with E-state index in [1.807, 2.05) is 0 Å². The minimum atomic E-state index is -0.555. The van der Waals surface area contributed by atoms with Gasteiger partial charge in [0.25, 0.3) is 11.8 Å². The lowest BCUT2D eigenvalue weighted by Gasteiger charge is -2.20. The molecule has 0 aromatic heterocycles. The summed E-state index contributed by atoms with van der Waals surface area (Å²) in [7, 11) is 0. The second kappa shape index (κ2) is 9.28.